The molecule has 0 aromatic heterocycles. The Morgan fingerprint density at radius 2 is 1.58 bits per heavy atom. The third kappa shape index (κ3) is 3.50. The van der Waals surface area contributed by atoms with Crippen molar-refractivity contribution in [2.24, 2.45) is 0 Å². The Bertz CT molecular complexity index is 602. The fourth-order valence-corrected chi connectivity index (χ4v) is 2.15. The maximum Gasteiger partial charge on any atom is 0.387 e. The van der Waals surface area contributed by atoms with Crippen LogP contribution in [-0.4, -0.2) is 6.61 Å². The molecule has 2 rings (SSSR count). The van der Waals surface area contributed by atoms with Gasteiger partial charge in [0.2, 0.25) is 0 Å². The summed E-state index contributed by atoms with van der Waals surface area (Å²) in [4.78, 5) is 0. The number of hydrogen-bond acceptors (Lipinski definition) is 1. The van der Waals surface area contributed by atoms with Gasteiger partial charge in [0.15, 0.2) is 0 Å². The predicted octanol–water partition coefficient (Wildman–Crippen LogP) is 5.92. The molecule has 0 aliphatic carbocycles. The molecule has 0 aliphatic rings. The molecule has 0 heterocycles. The van der Waals surface area contributed by atoms with Crippen LogP contribution in [0.4, 0.5) is 8.78 Å². The Labute approximate surface area is 123 Å². The summed E-state index contributed by atoms with van der Waals surface area (Å²) in [5, 5.41) is 1.11. The van der Waals surface area contributed by atoms with Crippen LogP contribution in [0.5, 0.6) is 5.75 Å². The van der Waals surface area contributed by atoms with Gasteiger partial charge in [-0.15, -0.1) is 0 Å². The largest absolute Gasteiger partial charge is 0.435 e. The third-order valence-electron chi connectivity index (χ3n) is 2.40. The highest BCUT2D eigenvalue weighted by Gasteiger charge is 2.10. The molecule has 0 bridgehead atoms. The standard InChI is InChI=1S/C13H7Cl3F2O/c14-10-4-1-7(5-12(10)16)9-3-2-8(6-11(9)15)19-13(17)18/h1-6,13H. The molecule has 0 N–H and O–H groups in total. The zero-order valence-electron chi connectivity index (χ0n) is 9.34. The minimum absolute atomic E-state index is 0.00353. The highest BCUT2D eigenvalue weighted by molar-refractivity contribution is 6.42. The van der Waals surface area contributed by atoms with Gasteiger partial charge in [0.25, 0.3) is 0 Å². The number of benzene rings is 2. The minimum Gasteiger partial charge on any atom is -0.435 e. The molecular formula is C13H7Cl3F2O. The van der Waals surface area contributed by atoms with E-state index in [1.807, 2.05) is 0 Å². The molecule has 0 saturated carbocycles. The van der Waals surface area contributed by atoms with Crippen LogP contribution in [-0.2, 0) is 0 Å². The first-order valence-electron chi connectivity index (χ1n) is 5.17. The number of halogens is 5. The summed E-state index contributed by atoms with van der Waals surface area (Å²) in [6, 6.07) is 9.35. The predicted molar refractivity (Wildman–Crippen MR) is 73.5 cm³/mol. The van der Waals surface area contributed by atoms with Crippen molar-refractivity contribution in [3.05, 3.63) is 51.5 Å². The average Bonchev–Trinajstić information content (AvgIpc) is 2.32. The van der Waals surface area contributed by atoms with Crippen LogP contribution in [0.3, 0.4) is 0 Å². The second-order valence-electron chi connectivity index (χ2n) is 3.65. The lowest BCUT2D eigenvalue weighted by atomic mass is 10.1. The van der Waals surface area contributed by atoms with Gasteiger partial charge in [0.1, 0.15) is 5.75 Å². The summed E-state index contributed by atoms with van der Waals surface area (Å²) in [7, 11) is 0. The van der Waals surface area contributed by atoms with Crippen LogP contribution in [0.2, 0.25) is 15.1 Å². The summed E-state index contributed by atoms with van der Waals surface area (Å²) in [5.41, 5.74) is 1.39. The molecule has 0 saturated heterocycles. The maximum absolute atomic E-state index is 12.1. The maximum atomic E-state index is 12.1. The second kappa shape index (κ2) is 5.95. The lowest BCUT2D eigenvalue weighted by molar-refractivity contribution is -0.0498. The lowest BCUT2D eigenvalue weighted by Crippen LogP contribution is -2.01. The van der Waals surface area contributed by atoms with Crippen LogP contribution in [0.1, 0.15) is 0 Å². The van der Waals surface area contributed by atoms with Gasteiger partial charge in [-0.25, -0.2) is 0 Å². The number of hydrogen-bond donors (Lipinski definition) is 0. The van der Waals surface area contributed by atoms with Gasteiger partial charge < -0.3 is 4.74 Å². The highest BCUT2D eigenvalue weighted by atomic mass is 35.5. The van der Waals surface area contributed by atoms with Crippen molar-refractivity contribution in [1.82, 2.24) is 0 Å². The summed E-state index contributed by atoms with van der Waals surface area (Å²) in [5.74, 6) is 0.00353. The number of rotatable bonds is 3. The van der Waals surface area contributed by atoms with Gasteiger partial charge in [0, 0.05) is 5.56 Å². The van der Waals surface area contributed by atoms with Gasteiger partial charge in [-0.3, -0.25) is 0 Å². The minimum atomic E-state index is -2.88. The monoisotopic (exact) mass is 322 g/mol. The van der Waals surface area contributed by atoms with Crippen molar-refractivity contribution in [1.29, 1.82) is 0 Å². The molecule has 100 valence electrons. The van der Waals surface area contributed by atoms with Gasteiger partial charge in [0.05, 0.1) is 15.1 Å². The van der Waals surface area contributed by atoms with Gasteiger partial charge in [-0.1, -0.05) is 40.9 Å². The summed E-state index contributed by atoms with van der Waals surface area (Å²) in [6.07, 6.45) is 0. The summed E-state index contributed by atoms with van der Waals surface area (Å²) in [6.45, 7) is -2.88. The van der Waals surface area contributed by atoms with Crippen LogP contribution in [0.25, 0.3) is 11.1 Å². The van der Waals surface area contributed by atoms with E-state index < -0.39 is 6.61 Å². The quantitative estimate of drug-likeness (QED) is 0.681. The molecule has 0 atom stereocenters. The lowest BCUT2D eigenvalue weighted by Gasteiger charge is -2.09. The van der Waals surface area contributed by atoms with E-state index in [4.69, 9.17) is 34.8 Å². The zero-order valence-corrected chi connectivity index (χ0v) is 11.6. The van der Waals surface area contributed by atoms with Crippen LogP contribution >= 0.6 is 34.8 Å². The first-order valence-corrected chi connectivity index (χ1v) is 6.30. The number of ether oxygens (including phenoxy) is 1. The molecule has 0 unspecified atom stereocenters. The Hall–Kier alpha value is -1.03. The van der Waals surface area contributed by atoms with Crippen molar-refractivity contribution in [2.75, 3.05) is 0 Å². The normalized spacial score (nSPS) is 10.8. The summed E-state index contributed by atoms with van der Waals surface area (Å²) >= 11 is 17.8. The van der Waals surface area contributed by atoms with Crippen LogP contribution < -0.4 is 4.74 Å². The van der Waals surface area contributed by atoms with E-state index in [0.29, 0.717) is 15.6 Å². The molecular weight excluding hydrogens is 316 g/mol. The van der Waals surface area contributed by atoms with E-state index in [2.05, 4.69) is 4.74 Å². The Morgan fingerprint density at radius 3 is 2.16 bits per heavy atom. The topological polar surface area (TPSA) is 9.23 Å². The molecule has 0 spiro atoms. The first-order chi connectivity index (χ1) is 8.97. The van der Waals surface area contributed by atoms with Gasteiger partial charge in [-0.2, -0.15) is 8.78 Å². The van der Waals surface area contributed by atoms with E-state index in [-0.39, 0.29) is 10.8 Å². The molecule has 19 heavy (non-hydrogen) atoms. The average molecular weight is 324 g/mol. The van der Waals surface area contributed by atoms with Crippen molar-refractivity contribution in [3.8, 4) is 16.9 Å². The summed E-state index contributed by atoms with van der Waals surface area (Å²) < 4.78 is 28.4. The van der Waals surface area contributed by atoms with E-state index in [0.717, 1.165) is 5.56 Å². The van der Waals surface area contributed by atoms with Crippen molar-refractivity contribution in [3.63, 3.8) is 0 Å². The Morgan fingerprint density at radius 1 is 0.842 bits per heavy atom. The fourth-order valence-electron chi connectivity index (χ4n) is 1.57. The van der Waals surface area contributed by atoms with Crippen LogP contribution in [0, 0.1) is 0 Å². The molecule has 1 nitrogen and oxygen atoms in total. The second-order valence-corrected chi connectivity index (χ2v) is 4.87. The van der Waals surface area contributed by atoms with E-state index in [1.54, 1.807) is 24.3 Å². The molecule has 0 aliphatic heterocycles. The van der Waals surface area contributed by atoms with E-state index >= 15 is 0 Å². The Kier molecular flexibility index (Phi) is 4.50. The molecule has 6 heteroatoms. The smallest absolute Gasteiger partial charge is 0.387 e. The van der Waals surface area contributed by atoms with Gasteiger partial charge in [-0.05, 0) is 35.9 Å². The zero-order chi connectivity index (χ0) is 14.0. The molecule has 0 radical (unpaired) electrons. The van der Waals surface area contributed by atoms with Crippen molar-refractivity contribution < 1.29 is 13.5 Å². The van der Waals surface area contributed by atoms with Crippen LogP contribution in [0.15, 0.2) is 36.4 Å². The van der Waals surface area contributed by atoms with Crippen molar-refractivity contribution >= 4 is 34.8 Å². The SMILES string of the molecule is FC(F)Oc1ccc(-c2ccc(Cl)c(Cl)c2)c(Cl)c1. The fraction of sp³-hybridized carbons (Fsp3) is 0.0769. The third-order valence-corrected chi connectivity index (χ3v) is 3.45. The molecule has 2 aromatic carbocycles. The van der Waals surface area contributed by atoms with Crippen molar-refractivity contribution in [2.45, 2.75) is 6.61 Å². The number of alkyl halides is 2. The van der Waals surface area contributed by atoms with Gasteiger partial charge >= 0.3 is 6.61 Å². The first kappa shape index (κ1) is 14.4. The Balaban J connectivity index is 2.37. The van der Waals surface area contributed by atoms with E-state index in [9.17, 15) is 8.78 Å². The highest BCUT2D eigenvalue weighted by Crippen LogP contribution is 2.34. The van der Waals surface area contributed by atoms with E-state index in [1.165, 1.54) is 12.1 Å². The molecule has 0 fully saturated rings. The molecule has 2 aromatic rings. The molecule has 0 amide bonds.